The lowest BCUT2D eigenvalue weighted by atomic mass is 10.2. The van der Waals surface area contributed by atoms with E-state index in [9.17, 15) is 10.1 Å². The maximum Gasteiger partial charge on any atom is 0.275 e. The summed E-state index contributed by atoms with van der Waals surface area (Å²) in [4.78, 5) is 10.5. The molecule has 1 saturated carbocycles. The predicted octanol–water partition coefficient (Wildman–Crippen LogP) is 3.36. The molecule has 0 radical (unpaired) electrons. The van der Waals surface area contributed by atoms with Gasteiger partial charge in [0.05, 0.1) is 30.3 Å². The Labute approximate surface area is 124 Å². The summed E-state index contributed by atoms with van der Waals surface area (Å²) in [6.45, 7) is 3.56. The zero-order valence-electron chi connectivity index (χ0n) is 12.3. The summed E-state index contributed by atoms with van der Waals surface area (Å²) in [5.41, 5.74) is 0.711. The highest BCUT2D eigenvalue weighted by Gasteiger charge is 2.15. The van der Waals surface area contributed by atoms with E-state index in [0.29, 0.717) is 37.3 Å². The fourth-order valence-electron chi connectivity index (χ4n) is 2.52. The maximum atomic E-state index is 10.9. The number of hydrogen-bond acceptors (Lipinski definition) is 5. The second-order valence-electron chi connectivity index (χ2n) is 5.11. The van der Waals surface area contributed by atoms with Crippen LogP contribution in [0.3, 0.4) is 0 Å². The van der Waals surface area contributed by atoms with E-state index in [0.717, 1.165) is 12.8 Å². The molecule has 2 rings (SSSR count). The minimum atomic E-state index is -0.414. The van der Waals surface area contributed by atoms with E-state index in [1.165, 1.54) is 25.0 Å². The molecule has 0 bridgehead atoms. The maximum absolute atomic E-state index is 10.9. The summed E-state index contributed by atoms with van der Waals surface area (Å²) in [7, 11) is 0. The van der Waals surface area contributed by atoms with Gasteiger partial charge in [0.1, 0.15) is 5.75 Å². The average molecular weight is 294 g/mol. The van der Waals surface area contributed by atoms with Crippen molar-refractivity contribution in [3.8, 4) is 5.75 Å². The van der Waals surface area contributed by atoms with Crippen molar-refractivity contribution in [1.29, 1.82) is 0 Å². The molecule has 0 aliphatic heterocycles. The molecule has 1 aromatic rings. The Kier molecular flexibility index (Phi) is 5.80. The average Bonchev–Trinajstić information content (AvgIpc) is 2.97. The van der Waals surface area contributed by atoms with E-state index in [-0.39, 0.29) is 5.69 Å². The summed E-state index contributed by atoms with van der Waals surface area (Å²) in [5.74, 6) is 0.505. The van der Waals surface area contributed by atoms with Crippen LogP contribution < -0.4 is 10.1 Å². The number of non-ortho nitro benzene ring substituents is 1. The third kappa shape index (κ3) is 4.90. The number of nitrogens with one attached hydrogen (secondary N) is 1. The Bertz CT molecular complexity index is 473. The third-order valence-corrected chi connectivity index (χ3v) is 3.50. The molecular formula is C15H22N2O4. The number of nitro benzene ring substituents is 1. The molecule has 6 heteroatoms. The molecule has 1 aliphatic rings. The van der Waals surface area contributed by atoms with E-state index in [2.05, 4.69) is 5.32 Å². The number of nitro groups is 1. The highest BCUT2D eigenvalue weighted by atomic mass is 16.6. The van der Waals surface area contributed by atoms with Crippen LogP contribution in [0.2, 0.25) is 0 Å². The van der Waals surface area contributed by atoms with Crippen molar-refractivity contribution >= 4 is 11.4 Å². The Morgan fingerprint density at radius 2 is 2.10 bits per heavy atom. The lowest BCUT2D eigenvalue weighted by molar-refractivity contribution is -0.384. The van der Waals surface area contributed by atoms with Crippen molar-refractivity contribution in [2.24, 2.45) is 0 Å². The number of ether oxygens (including phenoxy) is 2. The third-order valence-electron chi connectivity index (χ3n) is 3.50. The number of hydrogen-bond donors (Lipinski definition) is 1. The van der Waals surface area contributed by atoms with Crippen LogP contribution in [0.5, 0.6) is 5.75 Å². The van der Waals surface area contributed by atoms with Crippen molar-refractivity contribution in [2.75, 3.05) is 25.1 Å². The number of anilines is 1. The lowest BCUT2D eigenvalue weighted by Crippen LogP contribution is -2.15. The summed E-state index contributed by atoms with van der Waals surface area (Å²) in [6, 6.07) is 4.72. The van der Waals surface area contributed by atoms with Gasteiger partial charge in [-0.3, -0.25) is 10.1 Å². The van der Waals surface area contributed by atoms with E-state index in [1.54, 1.807) is 6.07 Å². The van der Waals surface area contributed by atoms with Gasteiger partial charge in [0.2, 0.25) is 0 Å². The van der Waals surface area contributed by atoms with Crippen molar-refractivity contribution in [3.63, 3.8) is 0 Å². The number of benzene rings is 1. The molecule has 6 nitrogen and oxygen atoms in total. The predicted molar refractivity (Wildman–Crippen MR) is 81.0 cm³/mol. The molecule has 1 aromatic carbocycles. The first kappa shape index (κ1) is 15.6. The first-order valence-electron chi connectivity index (χ1n) is 7.47. The SMILES string of the molecule is CCOc1cc(NCCOC2CCCC2)cc([N+](=O)[O-])c1. The molecule has 0 heterocycles. The van der Waals surface area contributed by atoms with Crippen LogP contribution in [0.15, 0.2) is 18.2 Å². The number of rotatable bonds is 8. The highest BCUT2D eigenvalue weighted by Crippen LogP contribution is 2.26. The fraction of sp³-hybridized carbons (Fsp3) is 0.600. The van der Waals surface area contributed by atoms with Gasteiger partial charge in [0.25, 0.3) is 5.69 Å². The zero-order chi connectivity index (χ0) is 15.1. The van der Waals surface area contributed by atoms with Crippen LogP contribution in [0.25, 0.3) is 0 Å². The topological polar surface area (TPSA) is 73.6 Å². The molecule has 0 spiro atoms. The number of nitrogens with zero attached hydrogens (tertiary/aromatic N) is 1. The second kappa shape index (κ2) is 7.83. The van der Waals surface area contributed by atoms with E-state index in [4.69, 9.17) is 9.47 Å². The summed E-state index contributed by atoms with van der Waals surface area (Å²) >= 11 is 0. The minimum Gasteiger partial charge on any atom is -0.494 e. The molecule has 0 aromatic heterocycles. The Hall–Kier alpha value is -1.82. The largest absolute Gasteiger partial charge is 0.494 e. The summed E-state index contributed by atoms with van der Waals surface area (Å²) in [6.07, 6.45) is 5.17. The Balaban J connectivity index is 1.86. The van der Waals surface area contributed by atoms with Crippen molar-refractivity contribution in [1.82, 2.24) is 0 Å². The fourth-order valence-corrected chi connectivity index (χ4v) is 2.52. The quantitative estimate of drug-likeness (QED) is 0.452. The van der Waals surface area contributed by atoms with Gasteiger partial charge in [0, 0.05) is 24.4 Å². The molecule has 0 amide bonds. The molecule has 0 saturated heterocycles. The lowest BCUT2D eigenvalue weighted by Gasteiger charge is -2.12. The Morgan fingerprint density at radius 3 is 2.76 bits per heavy atom. The van der Waals surface area contributed by atoms with Crippen LogP contribution in [-0.4, -0.2) is 30.8 Å². The van der Waals surface area contributed by atoms with E-state index in [1.807, 2.05) is 6.92 Å². The molecule has 21 heavy (non-hydrogen) atoms. The summed E-state index contributed by atoms with van der Waals surface area (Å²) in [5, 5.41) is 14.1. The van der Waals surface area contributed by atoms with Gasteiger partial charge in [-0.05, 0) is 19.8 Å². The van der Waals surface area contributed by atoms with E-state index < -0.39 is 4.92 Å². The van der Waals surface area contributed by atoms with Gasteiger partial charge >= 0.3 is 0 Å². The van der Waals surface area contributed by atoms with E-state index >= 15 is 0 Å². The second-order valence-corrected chi connectivity index (χ2v) is 5.11. The van der Waals surface area contributed by atoms with Crippen molar-refractivity contribution < 1.29 is 14.4 Å². The van der Waals surface area contributed by atoms with Crippen LogP contribution in [0, 0.1) is 10.1 Å². The standard InChI is InChI=1S/C15H22N2O4/c1-2-20-15-10-12(9-13(11-15)17(18)19)16-7-8-21-14-5-3-4-6-14/h9-11,14,16H,2-8H2,1H3. The van der Waals surface area contributed by atoms with Crippen LogP contribution >= 0.6 is 0 Å². The zero-order valence-corrected chi connectivity index (χ0v) is 12.3. The molecule has 1 fully saturated rings. The van der Waals surface area contributed by atoms with Gasteiger partial charge < -0.3 is 14.8 Å². The van der Waals surface area contributed by atoms with Gasteiger partial charge in [-0.1, -0.05) is 12.8 Å². The van der Waals surface area contributed by atoms with Crippen molar-refractivity contribution in [3.05, 3.63) is 28.3 Å². The first-order chi connectivity index (χ1) is 10.2. The monoisotopic (exact) mass is 294 g/mol. The molecule has 1 aliphatic carbocycles. The normalized spacial score (nSPS) is 15.1. The minimum absolute atomic E-state index is 0.0279. The van der Waals surface area contributed by atoms with Crippen LogP contribution in [0.1, 0.15) is 32.6 Å². The smallest absolute Gasteiger partial charge is 0.275 e. The first-order valence-corrected chi connectivity index (χ1v) is 7.47. The van der Waals surface area contributed by atoms with Gasteiger partial charge in [0.15, 0.2) is 0 Å². The van der Waals surface area contributed by atoms with Gasteiger partial charge in [-0.25, -0.2) is 0 Å². The van der Waals surface area contributed by atoms with Crippen LogP contribution in [0.4, 0.5) is 11.4 Å². The molecule has 0 unspecified atom stereocenters. The van der Waals surface area contributed by atoms with Gasteiger partial charge in [-0.2, -0.15) is 0 Å². The van der Waals surface area contributed by atoms with Gasteiger partial charge in [-0.15, -0.1) is 0 Å². The molecule has 116 valence electrons. The van der Waals surface area contributed by atoms with Crippen molar-refractivity contribution in [2.45, 2.75) is 38.7 Å². The highest BCUT2D eigenvalue weighted by molar-refractivity contribution is 5.56. The summed E-state index contributed by atoms with van der Waals surface area (Å²) < 4.78 is 11.1. The molecular weight excluding hydrogens is 272 g/mol. The van der Waals surface area contributed by atoms with Crippen LogP contribution in [-0.2, 0) is 4.74 Å². The molecule has 1 N–H and O–H groups in total. The molecule has 0 atom stereocenters. The Morgan fingerprint density at radius 1 is 1.33 bits per heavy atom.